The van der Waals surface area contributed by atoms with Crippen LogP contribution >= 0.6 is 11.8 Å². The van der Waals surface area contributed by atoms with Crippen LogP contribution in [0, 0.1) is 0 Å². The Labute approximate surface area is 186 Å². The SMILES string of the molecule is C=CCn1c(SCCOc2ccc(S(=O)(=O)N3CCOCC3)cc2)nc2ccccc21. The minimum Gasteiger partial charge on any atom is -0.493 e. The highest BCUT2D eigenvalue weighted by Crippen LogP contribution is 2.25. The molecular formula is C22H25N3O4S2. The van der Waals surface area contributed by atoms with E-state index in [1.165, 1.54) is 4.31 Å². The van der Waals surface area contributed by atoms with Crippen LogP contribution in [-0.2, 0) is 21.3 Å². The summed E-state index contributed by atoms with van der Waals surface area (Å²) in [6.07, 6.45) is 1.86. The van der Waals surface area contributed by atoms with Gasteiger partial charge in [0.1, 0.15) is 5.75 Å². The fraction of sp³-hybridized carbons (Fsp3) is 0.318. The van der Waals surface area contributed by atoms with Crippen LogP contribution in [0.4, 0.5) is 0 Å². The van der Waals surface area contributed by atoms with Crippen molar-refractivity contribution in [1.29, 1.82) is 0 Å². The average Bonchev–Trinajstić information content (AvgIpc) is 3.15. The summed E-state index contributed by atoms with van der Waals surface area (Å²) in [7, 11) is -3.49. The number of imidazole rings is 1. The van der Waals surface area contributed by atoms with Gasteiger partial charge in [-0.25, -0.2) is 13.4 Å². The Bertz CT molecular complexity index is 1140. The van der Waals surface area contributed by atoms with Gasteiger partial charge in [0.25, 0.3) is 0 Å². The van der Waals surface area contributed by atoms with Crippen molar-refractivity contribution in [3.8, 4) is 5.75 Å². The molecule has 7 nitrogen and oxygen atoms in total. The van der Waals surface area contributed by atoms with Crippen molar-refractivity contribution >= 4 is 32.8 Å². The first-order chi connectivity index (χ1) is 15.1. The van der Waals surface area contributed by atoms with Gasteiger partial charge < -0.3 is 14.0 Å². The van der Waals surface area contributed by atoms with Gasteiger partial charge in [-0.3, -0.25) is 0 Å². The van der Waals surface area contributed by atoms with E-state index >= 15 is 0 Å². The van der Waals surface area contributed by atoms with Crippen LogP contribution < -0.4 is 4.74 Å². The molecule has 0 unspecified atom stereocenters. The number of hydrogen-bond acceptors (Lipinski definition) is 6. The molecule has 4 rings (SSSR count). The zero-order chi connectivity index (χ0) is 21.7. The molecule has 0 aliphatic carbocycles. The zero-order valence-electron chi connectivity index (χ0n) is 17.1. The Morgan fingerprint density at radius 1 is 1.13 bits per heavy atom. The van der Waals surface area contributed by atoms with E-state index in [1.807, 2.05) is 24.3 Å². The van der Waals surface area contributed by atoms with Crippen LogP contribution in [0.5, 0.6) is 5.75 Å². The summed E-state index contributed by atoms with van der Waals surface area (Å²) in [5.41, 5.74) is 2.05. The van der Waals surface area contributed by atoms with E-state index in [0.29, 0.717) is 51.0 Å². The summed E-state index contributed by atoms with van der Waals surface area (Å²) in [5.74, 6) is 1.36. The topological polar surface area (TPSA) is 73.7 Å². The van der Waals surface area contributed by atoms with Crippen molar-refractivity contribution in [3.05, 3.63) is 61.2 Å². The molecule has 1 fully saturated rings. The Hall–Kier alpha value is -2.33. The summed E-state index contributed by atoms with van der Waals surface area (Å²) in [4.78, 5) is 4.97. The smallest absolute Gasteiger partial charge is 0.243 e. The largest absolute Gasteiger partial charge is 0.493 e. The second-order valence-electron chi connectivity index (χ2n) is 6.97. The van der Waals surface area contributed by atoms with Crippen LogP contribution in [-0.4, -0.2) is 60.9 Å². The molecule has 1 aliphatic rings. The van der Waals surface area contributed by atoms with Crippen molar-refractivity contribution in [2.24, 2.45) is 0 Å². The number of thioether (sulfide) groups is 1. The highest BCUT2D eigenvalue weighted by Gasteiger charge is 2.26. The van der Waals surface area contributed by atoms with Gasteiger partial charge in [0.15, 0.2) is 5.16 Å². The van der Waals surface area contributed by atoms with Crippen molar-refractivity contribution < 1.29 is 17.9 Å². The predicted octanol–water partition coefficient (Wildman–Crippen LogP) is 3.41. The molecule has 0 N–H and O–H groups in total. The van der Waals surface area contributed by atoms with Crippen molar-refractivity contribution in [2.75, 3.05) is 38.7 Å². The third-order valence-corrected chi connectivity index (χ3v) is 7.80. The number of morpholine rings is 1. The third-order valence-electron chi connectivity index (χ3n) is 4.95. The number of nitrogens with zero attached hydrogens (tertiary/aromatic N) is 3. The van der Waals surface area contributed by atoms with E-state index < -0.39 is 10.0 Å². The molecule has 0 saturated carbocycles. The first kappa shape index (κ1) is 21.9. The molecule has 0 spiro atoms. The first-order valence-corrected chi connectivity index (χ1v) is 12.5. The Balaban J connectivity index is 1.34. The minimum atomic E-state index is -3.49. The lowest BCUT2D eigenvalue weighted by Crippen LogP contribution is -2.40. The molecular weight excluding hydrogens is 434 g/mol. The number of sulfonamides is 1. The normalized spacial score (nSPS) is 15.2. The molecule has 0 bridgehead atoms. The fourth-order valence-corrected chi connectivity index (χ4v) is 5.65. The second-order valence-corrected chi connectivity index (χ2v) is 9.97. The number of benzene rings is 2. The molecule has 1 aromatic heterocycles. The van der Waals surface area contributed by atoms with E-state index in [-0.39, 0.29) is 4.90 Å². The summed E-state index contributed by atoms with van der Waals surface area (Å²) in [5, 5.41) is 0.927. The number of allylic oxidation sites excluding steroid dienone is 1. The number of ether oxygens (including phenoxy) is 2. The van der Waals surface area contributed by atoms with Gasteiger partial charge in [0.05, 0.1) is 35.7 Å². The summed E-state index contributed by atoms with van der Waals surface area (Å²) < 4.78 is 40.0. The van der Waals surface area contributed by atoms with Crippen molar-refractivity contribution in [3.63, 3.8) is 0 Å². The highest BCUT2D eigenvalue weighted by atomic mass is 32.2. The lowest BCUT2D eigenvalue weighted by atomic mass is 10.3. The van der Waals surface area contributed by atoms with Crippen molar-refractivity contribution in [2.45, 2.75) is 16.6 Å². The summed E-state index contributed by atoms with van der Waals surface area (Å²) >= 11 is 1.62. The van der Waals surface area contributed by atoms with Crippen LogP contribution in [0.25, 0.3) is 11.0 Å². The molecule has 0 amide bonds. The van der Waals surface area contributed by atoms with Gasteiger partial charge >= 0.3 is 0 Å². The quantitative estimate of drug-likeness (QED) is 0.277. The van der Waals surface area contributed by atoms with Crippen molar-refractivity contribution in [1.82, 2.24) is 13.9 Å². The monoisotopic (exact) mass is 459 g/mol. The standard InChI is InChI=1S/C22H25N3O4S2/c1-2-11-25-21-6-4-3-5-20(21)23-22(25)30-17-16-29-18-7-9-19(10-8-18)31(26,27)24-12-14-28-15-13-24/h2-10H,1,11-17H2. The van der Waals surface area contributed by atoms with E-state index in [1.54, 1.807) is 36.0 Å². The zero-order valence-corrected chi connectivity index (χ0v) is 18.8. The Kier molecular flexibility index (Phi) is 6.96. The molecule has 1 aliphatic heterocycles. The number of rotatable bonds is 9. The summed E-state index contributed by atoms with van der Waals surface area (Å²) in [6, 6.07) is 14.6. The maximum atomic E-state index is 12.7. The van der Waals surface area contributed by atoms with Gasteiger partial charge in [-0.15, -0.1) is 6.58 Å². The van der Waals surface area contributed by atoms with Gasteiger partial charge in [0.2, 0.25) is 10.0 Å². The molecule has 164 valence electrons. The number of aromatic nitrogens is 2. The molecule has 9 heteroatoms. The molecule has 0 radical (unpaired) electrons. The van der Waals surface area contributed by atoms with Crippen LogP contribution in [0.1, 0.15) is 0 Å². The van der Waals surface area contributed by atoms with E-state index in [2.05, 4.69) is 17.2 Å². The summed E-state index contributed by atoms with van der Waals surface area (Å²) in [6.45, 7) is 6.65. The lowest BCUT2D eigenvalue weighted by molar-refractivity contribution is 0.0730. The minimum absolute atomic E-state index is 0.272. The van der Waals surface area contributed by atoms with E-state index in [9.17, 15) is 8.42 Å². The number of para-hydroxylation sites is 2. The van der Waals surface area contributed by atoms with E-state index in [4.69, 9.17) is 14.5 Å². The van der Waals surface area contributed by atoms with Gasteiger partial charge in [-0.2, -0.15) is 4.31 Å². The predicted molar refractivity (Wildman–Crippen MR) is 122 cm³/mol. The molecule has 2 heterocycles. The van der Waals surface area contributed by atoms with E-state index in [0.717, 1.165) is 16.2 Å². The molecule has 3 aromatic rings. The molecule has 31 heavy (non-hydrogen) atoms. The average molecular weight is 460 g/mol. The van der Waals surface area contributed by atoms with Gasteiger partial charge in [0, 0.05) is 25.4 Å². The number of hydrogen-bond donors (Lipinski definition) is 0. The second kappa shape index (κ2) is 9.86. The first-order valence-electron chi connectivity index (χ1n) is 10.1. The Morgan fingerprint density at radius 2 is 1.87 bits per heavy atom. The molecule has 2 aromatic carbocycles. The maximum Gasteiger partial charge on any atom is 0.243 e. The molecule has 0 atom stereocenters. The maximum absolute atomic E-state index is 12.7. The van der Waals surface area contributed by atoms with Crippen LogP contribution in [0.3, 0.4) is 0 Å². The molecule has 1 saturated heterocycles. The Morgan fingerprint density at radius 3 is 2.61 bits per heavy atom. The number of fused-ring (bicyclic) bond motifs is 1. The third kappa shape index (κ3) is 4.95. The lowest BCUT2D eigenvalue weighted by Gasteiger charge is -2.26. The van der Waals surface area contributed by atoms with Crippen LogP contribution in [0.15, 0.2) is 71.2 Å². The van der Waals surface area contributed by atoms with Gasteiger partial charge in [-0.05, 0) is 36.4 Å². The highest BCUT2D eigenvalue weighted by molar-refractivity contribution is 7.99. The van der Waals surface area contributed by atoms with Crippen LogP contribution in [0.2, 0.25) is 0 Å². The van der Waals surface area contributed by atoms with Gasteiger partial charge in [-0.1, -0.05) is 30.0 Å². The fourth-order valence-electron chi connectivity index (χ4n) is 3.41.